The van der Waals surface area contributed by atoms with E-state index in [1.54, 1.807) is 20.8 Å². The fourth-order valence-electron chi connectivity index (χ4n) is 2.09. The Kier molecular flexibility index (Phi) is 5.79. The summed E-state index contributed by atoms with van der Waals surface area (Å²) >= 11 is 1.44. The van der Waals surface area contributed by atoms with Crippen LogP contribution in [0.1, 0.15) is 32.0 Å². The zero-order valence-electron chi connectivity index (χ0n) is 14.7. The molecule has 0 saturated heterocycles. The summed E-state index contributed by atoms with van der Waals surface area (Å²) in [5.41, 5.74) is 2.07. The highest BCUT2D eigenvalue weighted by atomic mass is 32.1. The van der Waals surface area contributed by atoms with Gasteiger partial charge in [-0.25, -0.2) is 14.6 Å². The number of ether oxygens (including phenoxy) is 1. The van der Waals surface area contributed by atoms with Crippen LogP contribution in [-0.4, -0.2) is 33.8 Å². The normalized spacial score (nSPS) is 12.5. The highest BCUT2D eigenvalue weighted by Crippen LogP contribution is 2.24. The second-order valence-corrected chi connectivity index (χ2v) is 7.61. The molecule has 0 radical (unpaired) electrons. The molecule has 1 aromatic heterocycles. The average molecular weight is 362 g/mol. The lowest BCUT2D eigenvalue weighted by molar-refractivity contribution is -0.139. The van der Waals surface area contributed by atoms with Crippen molar-refractivity contribution in [3.8, 4) is 10.6 Å². The topological polar surface area (TPSA) is 88.5 Å². The molecule has 25 heavy (non-hydrogen) atoms. The quantitative estimate of drug-likeness (QED) is 0.848. The minimum absolute atomic E-state index is 0.0942. The highest BCUT2D eigenvalue weighted by Gasteiger charge is 2.25. The van der Waals surface area contributed by atoms with Gasteiger partial charge in [0.25, 0.3) is 0 Å². The largest absolute Gasteiger partial charge is 0.480 e. The third-order valence-corrected chi connectivity index (χ3v) is 4.19. The molecule has 6 nitrogen and oxygen atoms in total. The van der Waals surface area contributed by atoms with Crippen molar-refractivity contribution in [1.29, 1.82) is 0 Å². The number of aryl methyl sites for hydroxylation is 1. The van der Waals surface area contributed by atoms with Gasteiger partial charge in [-0.15, -0.1) is 11.3 Å². The molecular weight excluding hydrogens is 340 g/mol. The number of hydrogen-bond acceptors (Lipinski definition) is 5. The molecule has 0 unspecified atom stereocenters. The number of amides is 1. The van der Waals surface area contributed by atoms with Crippen molar-refractivity contribution in [3.63, 3.8) is 0 Å². The molecule has 0 aliphatic heterocycles. The lowest BCUT2D eigenvalue weighted by Gasteiger charge is -2.21. The monoisotopic (exact) mass is 362 g/mol. The second-order valence-electron chi connectivity index (χ2n) is 6.75. The van der Waals surface area contributed by atoms with Crippen molar-refractivity contribution < 1.29 is 19.4 Å². The van der Waals surface area contributed by atoms with Gasteiger partial charge in [0.15, 0.2) is 0 Å². The van der Waals surface area contributed by atoms with Gasteiger partial charge in [0.1, 0.15) is 16.7 Å². The summed E-state index contributed by atoms with van der Waals surface area (Å²) in [4.78, 5) is 27.7. The van der Waals surface area contributed by atoms with E-state index in [9.17, 15) is 14.7 Å². The van der Waals surface area contributed by atoms with Gasteiger partial charge in [0.05, 0.1) is 5.69 Å². The Labute approximate surface area is 150 Å². The Balaban J connectivity index is 2.06. The standard InChI is InChI=1S/C18H22N2O4S/c1-11-5-7-12(8-6-11)15-19-13(10-25-15)9-14(16(21)22)20-17(23)24-18(2,3)4/h5-8,10,14H,9H2,1-4H3,(H,20,23)(H,21,22)/t14-/m0/s1. The lowest BCUT2D eigenvalue weighted by Crippen LogP contribution is -2.44. The number of aliphatic carboxylic acids is 1. The molecule has 2 N–H and O–H groups in total. The fraction of sp³-hybridized carbons (Fsp3) is 0.389. The Hall–Kier alpha value is -2.41. The Morgan fingerprint density at radius 2 is 1.92 bits per heavy atom. The average Bonchev–Trinajstić information content (AvgIpc) is 2.94. The lowest BCUT2D eigenvalue weighted by atomic mass is 10.1. The van der Waals surface area contributed by atoms with Crippen LogP contribution in [0.3, 0.4) is 0 Å². The highest BCUT2D eigenvalue weighted by molar-refractivity contribution is 7.13. The summed E-state index contributed by atoms with van der Waals surface area (Å²) in [5, 5.41) is 14.3. The first-order chi connectivity index (χ1) is 11.6. The SMILES string of the molecule is Cc1ccc(-c2nc(C[C@H](NC(=O)OC(C)(C)C)C(=O)O)cs2)cc1. The minimum Gasteiger partial charge on any atom is -0.480 e. The van der Waals surface area contributed by atoms with Gasteiger partial charge in [0, 0.05) is 17.4 Å². The number of nitrogens with one attached hydrogen (secondary N) is 1. The molecule has 134 valence electrons. The number of rotatable bonds is 5. The van der Waals surface area contributed by atoms with E-state index in [1.807, 2.05) is 36.6 Å². The van der Waals surface area contributed by atoms with Crippen LogP contribution in [-0.2, 0) is 16.0 Å². The van der Waals surface area contributed by atoms with E-state index in [0.717, 1.165) is 16.1 Å². The van der Waals surface area contributed by atoms with E-state index in [1.165, 1.54) is 11.3 Å². The predicted molar refractivity (Wildman–Crippen MR) is 96.8 cm³/mol. The predicted octanol–water partition coefficient (Wildman–Crippen LogP) is 3.64. The van der Waals surface area contributed by atoms with E-state index < -0.39 is 23.7 Å². The van der Waals surface area contributed by atoms with Crippen LogP contribution >= 0.6 is 11.3 Å². The molecule has 1 heterocycles. The van der Waals surface area contributed by atoms with Gasteiger partial charge < -0.3 is 15.2 Å². The van der Waals surface area contributed by atoms with Crippen molar-refractivity contribution in [2.45, 2.75) is 45.8 Å². The molecule has 7 heteroatoms. The summed E-state index contributed by atoms with van der Waals surface area (Å²) < 4.78 is 5.11. The summed E-state index contributed by atoms with van der Waals surface area (Å²) in [7, 11) is 0. The fourth-order valence-corrected chi connectivity index (χ4v) is 2.93. The number of carbonyl (C=O) groups excluding carboxylic acids is 1. The summed E-state index contributed by atoms with van der Waals surface area (Å²) in [5.74, 6) is -1.13. The zero-order chi connectivity index (χ0) is 18.6. The molecule has 0 spiro atoms. The molecule has 0 aliphatic carbocycles. The van der Waals surface area contributed by atoms with Crippen LogP contribution in [0.4, 0.5) is 4.79 Å². The number of hydrogen-bond donors (Lipinski definition) is 2. The van der Waals surface area contributed by atoms with Gasteiger partial charge >= 0.3 is 12.1 Å². The van der Waals surface area contributed by atoms with Crippen LogP contribution in [0.15, 0.2) is 29.6 Å². The van der Waals surface area contributed by atoms with E-state index in [2.05, 4.69) is 10.3 Å². The van der Waals surface area contributed by atoms with Crippen molar-refractivity contribution in [1.82, 2.24) is 10.3 Å². The molecule has 2 rings (SSSR count). The maximum atomic E-state index is 11.8. The van der Waals surface area contributed by atoms with Crippen molar-refractivity contribution >= 4 is 23.4 Å². The first-order valence-electron chi connectivity index (χ1n) is 7.88. The number of aromatic nitrogens is 1. The summed E-state index contributed by atoms with van der Waals surface area (Å²) in [6, 6.07) is 6.86. The van der Waals surface area contributed by atoms with Gasteiger partial charge in [-0.3, -0.25) is 0 Å². The molecule has 2 aromatic rings. The van der Waals surface area contributed by atoms with Crippen LogP contribution in [0, 0.1) is 6.92 Å². The number of benzene rings is 1. The van der Waals surface area contributed by atoms with Gasteiger partial charge in [-0.1, -0.05) is 29.8 Å². The van der Waals surface area contributed by atoms with E-state index in [0.29, 0.717) is 5.69 Å². The number of carboxylic acid groups (broad SMARTS) is 1. The number of thiazole rings is 1. The molecular formula is C18H22N2O4S. The molecule has 0 bridgehead atoms. The number of carbonyl (C=O) groups is 2. The number of carboxylic acids is 1. The molecule has 0 aliphatic rings. The Morgan fingerprint density at radius 3 is 2.48 bits per heavy atom. The third-order valence-electron chi connectivity index (χ3n) is 3.25. The maximum Gasteiger partial charge on any atom is 0.408 e. The first kappa shape index (κ1) is 18.9. The number of nitrogens with zero attached hydrogens (tertiary/aromatic N) is 1. The third kappa shape index (κ3) is 5.86. The molecule has 1 aromatic carbocycles. The Bertz CT molecular complexity index is 747. The smallest absolute Gasteiger partial charge is 0.408 e. The van der Waals surface area contributed by atoms with Crippen LogP contribution < -0.4 is 5.32 Å². The summed E-state index contributed by atoms with van der Waals surface area (Å²) in [6.07, 6.45) is -0.661. The van der Waals surface area contributed by atoms with Crippen LogP contribution in [0.5, 0.6) is 0 Å². The molecule has 0 fully saturated rings. The first-order valence-corrected chi connectivity index (χ1v) is 8.76. The molecule has 1 atom stereocenters. The number of alkyl carbamates (subject to hydrolysis) is 1. The minimum atomic E-state index is -1.13. The van der Waals surface area contributed by atoms with Crippen LogP contribution in [0.2, 0.25) is 0 Å². The van der Waals surface area contributed by atoms with Crippen molar-refractivity contribution in [2.24, 2.45) is 0 Å². The zero-order valence-corrected chi connectivity index (χ0v) is 15.5. The van der Waals surface area contributed by atoms with Gasteiger partial charge in [-0.05, 0) is 27.7 Å². The molecule has 1 amide bonds. The van der Waals surface area contributed by atoms with Crippen molar-refractivity contribution in [3.05, 3.63) is 40.9 Å². The Morgan fingerprint density at radius 1 is 1.28 bits per heavy atom. The summed E-state index contributed by atoms with van der Waals surface area (Å²) in [6.45, 7) is 7.17. The maximum absolute atomic E-state index is 11.8. The van der Waals surface area contributed by atoms with Gasteiger partial charge in [-0.2, -0.15) is 0 Å². The van der Waals surface area contributed by atoms with E-state index in [4.69, 9.17) is 4.74 Å². The van der Waals surface area contributed by atoms with E-state index >= 15 is 0 Å². The van der Waals surface area contributed by atoms with E-state index in [-0.39, 0.29) is 6.42 Å². The second kappa shape index (κ2) is 7.65. The van der Waals surface area contributed by atoms with Gasteiger partial charge in [0.2, 0.25) is 0 Å². The van der Waals surface area contributed by atoms with Crippen molar-refractivity contribution in [2.75, 3.05) is 0 Å². The van der Waals surface area contributed by atoms with Crippen LogP contribution in [0.25, 0.3) is 10.6 Å². The molecule has 0 saturated carbocycles.